The van der Waals surface area contributed by atoms with E-state index in [1.54, 1.807) is 14.2 Å². The van der Waals surface area contributed by atoms with Crippen LogP contribution in [-0.4, -0.2) is 26.7 Å². The molecule has 1 fully saturated rings. The van der Waals surface area contributed by atoms with E-state index in [9.17, 15) is 4.79 Å². The Hall–Kier alpha value is -1.71. The lowest BCUT2D eigenvalue weighted by molar-refractivity contribution is -0.119. The number of hydrogen-bond donors (Lipinski definition) is 1. The summed E-state index contributed by atoms with van der Waals surface area (Å²) in [5, 5.41) is 2.82. The summed E-state index contributed by atoms with van der Waals surface area (Å²) in [6, 6.07) is 5.70. The SMILES string of the molecule is COc1ccc(C2CNC(=O)C2)c(OC)c1. The van der Waals surface area contributed by atoms with Gasteiger partial charge in [-0.25, -0.2) is 0 Å². The molecule has 2 rings (SSSR count). The summed E-state index contributed by atoms with van der Waals surface area (Å²) >= 11 is 0. The van der Waals surface area contributed by atoms with Crippen LogP contribution in [0.2, 0.25) is 0 Å². The molecule has 1 atom stereocenters. The van der Waals surface area contributed by atoms with Crippen molar-refractivity contribution in [3.8, 4) is 11.5 Å². The van der Waals surface area contributed by atoms with Gasteiger partial charge in [0.1, 0.15) is 11.5 Å². The molecule has 0 bridgehead atoms. The van der Waals surface area contributed by atoms with E-state index in [1.807, 2.05) is 18.2 Å². The van der Waals surface area contributed by atoms with E-state index in [0.717, 1.165) is 17.1 Å². The van der Waals surface area contributed by atoms with Crippen molar-refractivity contribution in [2.75, 3.05) is 20.8 Å². The average molecular weight is 221 g/mol. The molecule has 1 aromatic rings. The van der Waals surface area contributed by atoms with Gasteiger partial charge in [-0.3, -0.25) is 4.79 Å². The van der Waals surface area contributed by atoms with Gasteiger partial charge < -0.3 is 14.8 Å². The Bertz CT molecular complexity index is 403. The molecule has 0 aromatic heterocycles. The number of carbonyl (C=O) groups is 1. The summed E-state index contributed by atoms with van der Waals surface area (Å²) in [6.45, 7) is 0.682. The lowest BCUT2D eigenvalue weighted by atomic mass is 9.97. The smallest absolute Gasteiger partial charge is 0.220 e. The summed E-state index contributed by atoms with van der Waals surface area (Å²) in [7, 11) is 3.25. The largest absolute Gasteiger partial charge is 0.497 e. The van der Waals surface area contributed by atoms with E-state index in [0.29, 0.717) is 13.0 Å². The second-order valence-corrected chi connectivity index (χ2v) is 3.81. The maximum atomic E-state index is 11.2. The maximum Gasteiger partial charge on any atom is 0.220 e. The molecule has 1 heterocycles. The van der Waals surface area contributed by atoms with E-state index in [-0.39, 0.29) is 11.8 Å². The van der Waals surface area contributed by atoms with Gasteiger partial charge in [0.25, 0.3) is 0 Å². The van der Waals surface area contributed by atoms with Gasteiger partial charge in [-0.1, -0.05) is 6.07 Å². The van der Waals surface area contributed by atoms with Crippen LogP contribution in [0.3, 0.4) is 0 Å². The van der Waals surface area contributed by atoms with E-state index in [2.05, 4.69) is 5.32 Å². The summed E-state index contributed by atoms with van der Waals surface area (Å²) in [4.78, 5) is 11.2. The first-order chi connectivity index (χ1) is 7.74. The van der Waals surface area contributed by atoms with Gasteiger partial charge in [0.05, 0.1) is 14.2 Å². The molecule has 1 aromatic carbocycles. The fourth-order valence-corrected chi connectivity index (χ4v) is 1.98. The third-order valence-corrected chi connectivity index (χ3v) is 2.86. The van der Waals surface area contributed by atoms with Gasteiger partial charge in [0.2, 0.25) is 5.91 Å². The van der Waals surface area contributed by atoms with Crippen molar-refractivity contribution < 1.29 is 14.3 Å². The predicted molar refractivity (Wildman–Crippen MR) is 59.9 cm³/mol. The molecule has 0 radical (unpaired) electrons. The fourth-order valence-electron chi connectivity index (χ4n) is 1.98. The molecule has 0 spiro atoms. The van der Waals surface area contributed by atoms with Crippen molar-refractivity contribution in [2.24, 2.45) is 0 Å². The van der Waals surface area contributed by atoms with Crippen LogP contribution in [0.5, 0.6) is 11.5 Å². The van der Waals surface area contributed by atoms with Gasteiger partial charge in [0.15, 0.2) is 0 Å². The Kier molecular flexibility index (Phi) is 2.99. The first-order valence-electron chi connectivity index (χ1n) is 5.23. The quantitative estimate of drug-likeness (QED) is 0.837. The Labute approximate surface area is 94.6 Å². The van der Waals surface area contributed by atoms with E-state index >= 15 is 0 Å². The molecule has 16 heavy (non-hydrogen) atoms. The Morgan fingerprint density at radius 3 is 2.69 bits per heavy atom. The van der Waals surface area contributed by atoms with Crippen molar-refractivity contribution in [2.45, 2.75) is 12.3 Å². The molecule has 4 heteroatoms. The number of benzene rings is 1. The molecule has 1 N–H and O–H groups in total. The van der Waals surface area contributed by atoms with Crippen LogP contribution in [0.4, 0.5) is 0 Å². The van der Waals surface area contributed by atoms with Crippen molar-refractivity contribution in [3.05, 3.63) is 23.8 Å². The van der Waals surface area contributed by atoms with Gasteiger partial charge in [0, 0.05) is 24.9 Å². The molecular formula is C12H15NO3. The van der Waals surface area contributed by atoms with Crippen LogP contribution in [0.15, 0.2) is 18.2 Å². The minimum atomic E-state index is 0.0999. The lowest BCUT2D eigenvalue weighted by Crippen LogP contribution is -2.13. The number of methoxy groups -OCH3 is 2. The van der Waals surface area contributed by atoms with Crippen LogP contribution in [0.1, 0.15) is 17.9 Å². The minimum Gasteiger partial charge on any atom is -0.497 e. The normalized spacial score (nSPS) is 19.4. The van der Waals surface area contributed by atoms with Crippen LogP contribution >= 0.6 is 0 Å². The Morgan fingerprint density at radius 2 is 2.12 bits per heavy atom. The topological polar surface area (TPSA) is 47.6 Å². The number of carbonyl (C=O) groups excluding carboxylic acids is 1. The van der Waals surface area contributed by atoms with E-state index < -0.39 is 0 Å². The monoisotopic (exact) mass is 221 g/mol. The highest BCUT2D eigenvalue weighted by Gasteiger charge is 2.25. The molecule has 1 aliphatic rings. The molecule has 1 amide bonds. The highest BCUT2D eigenvalue weighted by atomic mass is 16.5. The number of hydrogen-bond acceptors (Lipinski definition) is 3. The second kappa shape index (κ2) is 4.43. The van der Waals surface area contributed by atoms with Crippen LogP contribution in [-0.2, 0) is 4.79 Å². The van der Waals surface area contributed by atoms with E-state index in [1.165, 1.54) is 0 Å². The van der Waals surface area contributed by atoms with Gasteiger partial charge in [-0.05, 0) is 11.6 Å². The summed E-state index contributed by atoms with van der Waals surface area (Å²) in [5.41, 5.74) is 1.06. The zero-order chi connectivity index (χ0) is 11.5. The van der Waals surface area contributed by atoms with Crippen molar-refractivity contribution in [3.63, 3.8) is 0 Å². The Morgan fingerprint density at radius 1 is 1.31 bits per heavy atom. The van der Waals surface area contributed by atoms with Gasteiger partial charge in [-0.15, -0.1) is 0 Å². The lowest BCUT2D eigenvalue weighted by Gasteiger charge is -2.14. The summed E-state index contributed by atoms with van der Waals surface area (Å²) in [5.74, 6) is 1.84. The molecular weight excluding hydrogens is 206 g/mol. The zero-order valence-corrected chi connectivity index (χ0v) is 9.45. The Balaban J connectivity index is 2.29. The van der Waals surface area contributed by atoms with Gasteiger partial charge in [-0.2, -0.15) is 0 Å². The fraction of sp³-hybridized carbons (Fsp3) is 0.417. The minimum absolute atomic E-state index is 0.0999. The summed E-state index contributed by atoms with van der Waals surface area (Å²) in [6.07, 6.45) is 0.530. The number of rotatable bonds is 3. The first kappa shape index (κ1) is 10.8. The first-order valence-corrected chi connectivity index (χ1v) is 5.23. The molecule has 0 saturated carbocycles. The van der Waals surface area contributed by atoms with Crippen LogP contribution < -0.4 is 14.8 Å². The molecule has 86 valence electrons. The predicted octanol–water partition coefficient (Wildman–Crippen LogP) is 1.31. The zero-order valence-electron chi connectivity index (χ0n) is 9.45. The highest BCUT2D eigenvalue weighted by Crippen LogP contribution is 2.33. The molecule has 4 nitrogen and oxygen atoms in total. The molecule has 1 unspecified atom stereocenters. The third kappa shape index (κ3) is 1.96. The van der Waals surface area contributed by atoms with Crippen molar-refractivity contribution in [1.82, 2.24) is 5.32 Å². The van der Waals surface area contributed by atoms with Gasteiger partial charge >= 0.3 is 0 Å². The third-order valence-electron chi connectivity index (χ3n) is 2.86. The highest BCUT2D eigenvalue weighted by molar-refractivity contribution is 5.79. The van der Waals surface area contributed by atoms with Crippen LogP contribution in [0, 0.1) is 0 Å². The molecule has 1 saturated heterocycles. The van der Waals surface area contributed by atoms with E-state index in [4.69, 9.17) is 9.47 Å². The average Bonchev–Trinajstić information content (AvgIpc) is 2.74. The van der Waals surface area contributed by atoms with Crippen molar-refractivity contribution in [1.29, 1.82) is 0 Å². The standard InChI is InChI=1S/C12H15NO3/c1-15-9-3-4-10(11(6-9)16-2)8-5-12(14)13-7-8/h3-4,6,8H,5,7H2,1-2H3,(H,13,14). The summed E-state index contributed by atoms with van der Waals surface area (Å²) < 4.78 is 10.4. The molecule has 1 aliphatic heterocycles. The van der Waals surface area contributed by atoms with Crippen LogP contribution in [0.25, 0.3) is 0 Å². The second-order valence-electron chi connectivity index (χ2n) is 3.81. The number of amides is 1. The number of ether oxygens (including phenoxy) is 2. The maximum absolute atomic E-state index is 11.2. The number of nitrogens with one attached hydrogen (secondary N) is 1. The molecule has 0 aliphatic carbocycles. The van der Waals surface area contributed by atoms with Crippen molar-refractivity contribution >= 4 is 5.91 Å².